The fourth-order valence-electron chi connectivity index (χ4n) is 1.96. The average molecular weight is 369 g/mol. The molecule has 1 aliphatic rings. The first-order valence-corrected chi connectivity index (χ1v) is 8.28. The Morgan fingerprint density at radius 3 is 2.82 bits per heavy atom. The molecule has 1 saturated heterocycles. The van der Waals surface area contributed by atoms with E-state index >= 15 is 0 Å². The lowest BCUT2D eigenvalue weighted by Gasteiger charge is -2.24. The van der Waals surface area contributed by atoms with E-state index in [1.54, 1.807) is 6.07 Å². The molecule has 1 atom stereocenters. The summed E-state index contributed by atoms with van der Waals surface area (Å²) >= 11 is 2.04. The van der Waals surface area contributed by atoms with E-state index < -0.39 is 9.84 Å². The molecule has 1 aromatic carbocycles. The maximum Gasteiger partial charge on any atom is 0.152 e. The van der Waals surface area contributed by atoms with Crippen LogP contribution < -0.4 is 5.32 Å². The maximum absolute atomic E-state index is 12.9. The van der Waals surface area contributed by atoms with Crippen molar-refractivity contribution in [3.05, 3.63) is 27.6 Å². The van der Waals surface area contributed by atoms with Gasteiger partial charge in [0, 0.05) is 15.3 Å². The van der Waals surface area contributed by atoms with Gasteiger partial charge in [0.05, 0.1) is 11.5 Å². The van der Waals surface area contributed by atoms with Gasteiger partial charge in [-0.1, -0.05) is 0 Å². The molecule has 3 nitrogen and oxygen atoms in total. The van der Waals surface area contributed by atoms with E-state index in [2.05, 4.69) is 5.32 Å². The first kappa shape index (κ1) is 13.1. The van der Waals surface area contributed by atoms with E-state index in [0.29, 0.717) is 6.42 Å². The zero-order valence-corrected chi connectivity index (χ0v) is 12.1. The monoisotopic (exact) mass is 369 g/mol. The van der Waals surface area contributed by atoms with Crippen LogP contribution in [0.2, 0.25) is 0 Å². The van der Waals surface area contributed by atoms with Gasteiger partial charge >= 0.3 is 0 Å². The summed E-state index contributed by atoms with van der Waals surface area (Å²) in [5.74, 6) is 0.169. The fourth-order valence-corrected chi connectivity index (χ4v) is 4.23. The molecule has 1 unspecified atom stereocenters. The molecule has 2 rings (SSSR count). The van der Waals surface area contributed by atoms with Crippen molar-refractivity contribution < 1.29 is 12.8 Å². The third-order valence-electron chi connectivity index (χ3n) is 2.75. The lowest BCUT2D eigenvalue weighted by molar-refractivity contribution is 0.561. The number of hydrogen-bond acceptors (Lipinski definition) is 3. The number of halogens is 2. The van der Waals surface area contributed by atoms with Crippen LogP contribution in [0.25, 0.3) is 0 Å². The van der Waals surface area contributed by atoms with E-state index in [-0.39, 0.29) is 23.4 Å². The molecule has 0 amide bonds. The topological polar surface area (TPSA) is 46.2 Å². The van der Waals surface area contributed by atoms with Crippen molar-refractivity contribution in [2.75, 3.05) is 16.8 Å². The molecule has 0 bridgehead atoms. The van der Waals surface area contributed by atoms with Crippen molar-refractivity contribution in [1.29, 1.82) is 0 Å². The molecule has 94 valence electrons. The molecule has 1 aromatic rings. The fraction of sp³-hybridized carbons (Fsp3) is 0.455. The Morgan fingerprint density at radius 1 is 1.41 bits per heavy atom. The van der Waals surface area contributed by atoms with Gasteiger partial charge < -0.3 is 5.32 Å². The summed E-state index contributed by atoms with van der Waals surface area (Å²) in [6.45, 7) is 0. The van der Waals surface area contributed by atoms with E-state index in [1.807, 2.05) is 22.6 Å². The standard InChI is InChI=1S/C11H13FINO2S/c12-8-3-4-11(10(13)6-8)14-9-2-1-5-17(15,16)7-9/h3-4,6,9,14H,1-2,5,7H2. The Morgan fingerprint density at radius 2 is 2.18 bits per heavy atom. The zero-order chi connectivity index (χ0) is 12.5. The Kier molecular flexibility index (Phi) is 3.92. The summed E-state index contributed by atoms with van der Waals surface area (Å²) in [6.07, 6.45) is 1.53. The Balaban J connectivity index is 2.10. The predicted octanol–water partition coefficient (Wildman–Crippen LogP) is 2.42. The van der Waals surface area contributed by atoms with Crippen LogP contribution in [0.4, 0.5) is 10.1 Å². The summed E-state index contributed by atoms with van der Waals surface area (Å²) < 4.78 is 36.7. The first-order valence-electron chi connectivity index (χ1n) is 5.38. The highest BCUT2D eigenvalue weighted by atomic mass is 127. The second-order valence-corrected chi connectivity index (χ2v) is 7.61. The molecule has 0 radical (unpaired) electrons. The van der Waals surface area contributed by atoms with Crippen LogP contribution in [0, 0.1) is 9.39 Å². The number of sulfone groups is 1. The van der Waals surface area contributed by atoms with Crippen molar-refractivity contribution >= 4 is 38.1 Å². The van der Waals surface area contributed by atoms with E-state index in [9.17, 15) is 12.8 Å². The molecule has 1 aliphatic heterocycles. The summed E-state index contributed by atoms with van der Waals surface area (Å²) in [5.41, 5.74) is 0.800. The molecule has 6 heteroatoms. The van der Waals surface area contributed by atoms with Crippen LogP contribution in [0.1, 0.15) is 12.8 Å². The lowest BCUT2D eigenvalue weighted by atomic mass is 10.1. The van der Waals surface area contributed by atoms with Crippen molar-refractivity contribution in [2.24, 2.45) is 0 Å². The summed E-state index contributed by atoms with van der Waals surface area (Å²) in [5, 5.41) is 3.18. The minimum Gasteiger partial charge on any atom is -0.380 e. The van der Waals surface area contributed by atoms with Crippen LogP contribution in [0.15, 0.2) is 18.2 Å². The third kappa shape index (κ3) is 3.54. The number of rotatable bonds is 2. The molecular weight excluding hydrogens is 356 g/mol. The zero-order valence-electron chi connectivity index (χ0n) is 9.12. The lowest BCUT2D eigenvalue weighted by Crippen LogP contribution is -2.35. The second kappa shape index (κ2) is 5.09. The maximum atomic E-state index is 12.9. The second-order valence-electron chi connectivity index (χ2n) is 4.22. The van der Waals surface area contributed by atoms with E-state index in [0.717, 1.165) is 15.7 Å². The van der Waals surface area contributed by atoms with Gasteiger partial charge in [0.2, 0.25) is 0 Å². The summed E-state index contributed by atoms with van der Waals surface area (Å²) in [7, 11) is -2.91. The Hall–Kier alpha value is -0.370. The largest absolute Gasteiger partial charge is 0.380 e. The van der Waals surface area contributed by atoms with Crippen LogP contribution in [-0.4, -0.2) is 26.0 Å². The average Bonchev–Trinajstić information content (AvgIpc) is 2.21. The van der Waals surface area contributed by atoms with Crippen molar-refractivity contribution in [2.45, 2.75) is 18.9 Å². The van der Waals surface area contributed by atoms with Gasteiger partial charge in [-0.3, -0.25) is 0 Å². The van der Waals surface area contributed by atoms with Gasteiger partial charge in [-0.25, -0.2) is 12.8 Å². The molecule has 1 N–H and O–H groups in total. The molecule has 1 heterocycles. The van der Waals surface area contributed by atoms with E-state index in [4.69, 9.17) is 0 Å². The van der Waals surface area contributed by atoms with Gasteiger partial charge in [0.15, 0.2) is 9.84 Å². The van der Waals surface area contributed by atoms with Crippen LogP contribution in [0.3, 0.4) is 0 Å². The summed E-state index contributed by atoms with van der Waals surface area (Å²) in [6, 6.07) is 4.40. The molecular formula is C11H13FINO2S. The smallest absolute Gasteiger partial charge is 0.152 e. The number of benzene rings is 1. The Labute approximate surface area is 114 Å². The SMILES string of the molecule is O=S1(=O)CCCC(Nc2ccc(F)cc2I)C1. The first-order chi connectivity index (χ1) is 7.96. The van der Waals surface area contributed by atoms with Gasteiger partial charge in [-0.2, -0.15) is 0 Å². The highest BCUT2D eigenvalue weighted by molar-refractivity contribution is 14.1. The van der Waals surface area contributed by atoms with Gasteiger partial charge in [0.25, 0.3) is 0 Å². The number of hydrogen-bond donors (Lipinski definition) is 1. The normalized spacial score (nSPS) is 23.3. The quantitative estimate of drug-likeness (QED) is 0.815. The molecule has 0 aliphatic carbocycles. The highest BCUT2D eigenvalue weighted by Crippen LogP contribution is 2.22. The number of nitrogens with one attached hydrogen (secondary N) is 1. The van der Waals surface area contributed by atoms with Crippen molar-refractivity contribution in [1.82, 2.24) is 0 Å². The minimum atomic E-state index is -2.91. The molecule has 0 aromatic heterocycles. The van der Waals surface area contributed by atoms with Gasteiger partial charge in [-0.15, -0.1) is 0 Å². The van der Waals surface area contributed by atoms with E-state index in [1.165, 1.54) is 12.1 Å². The van der Waals surface area contributed by atoms with Crippen LogP contribution in [0.5, 0.6) is 0 Å². The van der Waals surface area contributed by atoms with Gasteiger partial charge in [-0.05, 0) is 53.6 Å². The van der Waals surface area contributed by atoms with Crippen molar-refractivity contribution in [3.8, 4) is 0 Å². The highest BCUT2D eigenvalue weighted by Gasteiger charge is 2.24. The number of anilines is 1. The molecule has 17 heavy (non-hydrogen) atoms. The van der Waals surface area contributed by atoms with Gasteiger partial charge in [0.1, 0.15) is 5.82 Å². The summed E-state index contributed by atoms with van der Waals surface area (Å²) in [4.78, 5) is 0. The molecule has 1 fully saturated rings. The minimum absolute atomic E-state index is 0.0623. The third-order valence-corrected chi connectivity index (χ3v) is 5.47. The van der Waals surface area contributed by atoms with Crippen molar-refractivity contribution in [3.63, 3.8) is 0 Å². The van der Waals surface area contributed by atoms with Crippen LogP contribution >= 0.6 is 22.6 Å². The molecule has 0 spiro atoms. The molecule has 0 saturated carbocycles. The Bertz CT molecular complexity index is 518. The predicted molar refractivity (Wildman–Crippen MR) is 74.4 cm³/mol. The van der Waals surface area contributed by atoms with Crippen LogP contribution in [-0.2, 0) is 9.84 Å².